The maximum atomic E-state index is 13.0. The van der Waals surface area contributed by atoms with Gasteiger partial charge in [0.2, 0.25) is 0 Å². The van der Waals surface area contributed by atoms with Crippen molar-refractivity contribution in [3.63, 3.8) is 0 Å². The quantitative estimate of drug-likeness (QED) is 0.202. The van der Waals surface area contributed by atoms with Crippen molar-refractivity contribution < 1.29 is 24.5 Å². The molecule has 1 aliphatic heterocycles. The third kappa shape index (κ3) is 3.37. The van der Waals surface area contributed by atoms with Crippen LogP contribution in [0.25, 0.3) is 5.76 Å². The number of benzene rings is 2. The summed E-state index contributed by atoms with van der Waals surface area (Å²) in [6.07, 6.45) is 1.41. The minimum absolute atomic E-state index is 0.00959. The highest BCUT2D eigenvalue weighted by atomic mass is 32.1. The lowest BCUT2D eigenvalue weighted by Crippen LogP contribution is -2.29. The molecule has 1 amide bonds. The molecule has 32 heavy (non-hydrogen) atoms. The second kappa shape index (κ2) is 8.00. The molecular formula is C20H12N4O7S. The van der Waals surface area contributed by atoms with E-state index in [4.69, 9.17) is 0 Å². The zero-order valence-electron chi connectivity index (χ0n) is 15.9. The molecule has 0 radical (unpaired) electrons. The second-order valence-corrected chi connectivity index (χ2v) is 7.48. The Morgan fingerprint density at radius 2 is 1.72 bits per heavy atom. The highest BCUT2D eigenvalue weighted by Crippen LogP contribution is 2.45. The first-order valence-corrected chi connectivity index (χ1v) is 9.88. The molecule has 12 heteroatoms. The molecular weight excluding hydrogens is 440 g/mol. The number of hydrogen-bond donors (Lipinski definition) is 1. The minimum Gasteiger partial charge on any atom is -0.507 e. The number of rotatable bonds is 5. The minimum atomic E-state index is -1.32. The molecule has 3 aromatic rings. The van der Waals surface area contributed by atoms with Gasteiger partial charge in [-0.25, -0.2) is 4.98 Å². The predicted octanol–water partition coefficient (Wildman–Crippen LogP) is 3.59. The normalized spacial score (nSPS) is 17.5. The maximum absolute atomic E-state index is 13.0. The van der Waals surface area contributed by atoms with E-state index in [-0.39, 0.29) is 33.2 Å². The molecule has 1 saturated heterocycles. The van der Waals surface area contributed by atoms with E-state index in [1.165, 1.54) is 42.6 Å². The van der Waals surface area contributed by atoms with E-state index in [1.807, 2.05) is 0 Å². The fourth-order valence-electron chi connectivity index (χ4n) is 3.44. The third-order valence-corrected chi connectivity index (χ3v) is 5.62. The Labute approximate surface area is 183 Å². The molecule has 0 aliphatic carbocycles. The number of hydrogen-bond acceptors (Lipinski definition) is 9. The van der Waals surface area contributed by atoms with Gasteiger partial charge in [-0.05, 0) is 18.2 Å². The highest BCUT2D eigenvalue weighted by molar-refractivity contribution is 7.14. The first kappa shape index (κ1) is 20.8. The Balaban J connectivity index is 1.96. The number of nitro benzene ring substituents is 2. The molecule has 1 atom stereocenters. The van der Waals surface area contributed by atoms with Gasteiger partial charge in [0, 0.05) is 35.3 Å². The van der Waals surface area contributed by atoms with Crippen molar-refractivity contribution >= 4 is 45.3 Å². The largest absolute Gasteiger partial charge is 0.507 e. The number of aromatic nitrogens is 1. The zero-order valence-corrected chi connectivity index (χ0v) is 16.8. The Kier molecular flexibility index (Phi) is 5.20. The number of Topliss-reactive ketones (excluding diaryl/α,β-unsaturated/α-hetero) is 1. The number of carbonyl (C=O) groups excluding carboxylic acids is 2. The Hall–Kier alpha value is -4.45. The number of amides is 1. The van der Waals surface area contributed by atoms with Crippen LogP contribution in [0.4, 0.5) is 16.5 Å². The molecule has 0 spiro atoms. The van der Waals surface area contributed by atoms with E-state index < -0.39 is 33.3 Å². The van der Waals surface area contributed by atoms with Crippen LogP contribution in [-0.2, 0) is 9.59 Å². The number of aliphatic hydroxyl groups excluding tert-OH is 1. The van der Waals surface area contributed by atoms with E-state index in [0.717, 1.165) is 28.4 Å². The molecule has 1 fully saturated rings. The summed E-state index contributed by atoms with van der Waals surface area (Å²) in [6, 6.07) is 8.95. The first-order valence-electron chi connectivity index (χ1n) is 9.00. The molecule has 0 saturated carbocycles. The zero-order chi connectivity index (χ0) is 23.0. The number of ketones is 1. The van der Waals surface area contributed by atoms with E-state index in [9.17, 15) is 34.9 Å². The van der Waals surface area contributed by atoms with Crippen LogP contribution < -0.4 is 4.90 Å². The van der Waals surface area contributed by atoms with Crippen molar-refractivity contribution in [1.29, 1.82) is 0 Å². The summed E-state index contributed by atoms with van der Waals surface area (Å²) in [4.78, 5) is 52.2. The number of nitrogens with zero attached hydrogens (tertiary/aromatic N) is 4. The highest BCUT2D eigenvalue weighted by Gasteiger charge is 2.49. The van der Waals surface area contributed by atoms with Gasteiger partial charge in [-0.2, -0.15) is 0 Å². The summed E-state index contributed by atoms with van der Waals surface area (Å²) in [6.45, 7) is 0. The molecule has 2 heterocycles. The van der Waals surface area contributed by atoms with Crippen LogP contribution in [0, 0.1) is 20.2 Å². The van der Waals surface area contributed by atoms with Crippen LogP contribution in [0.15, 0.2) is 65.7 Å². The first-order chi connectivity index (χ1) is 15.3. The summed E-state index contributed by atoms with van der Waals surface area (Å²) < 4.78 is 0. The van der Waals surface area contributed by atoms with E-state index in [1.54, 1.807) is 5.38 Å². The Bertz CT molecular complexity index is 1290. The summed E-state index contributed by atoms with van der Waals surface area (Å²) in [7, 11) is 0. The van der Waals surface area contributed by atoms with Gasteiger partial charge in [0.15, 0.2) is 5.13 Å². The number of nitro groups is 2. The standard InChI is InChI=1S/C20H12N4O7S/c25-17(11-5-7-12(8-6-11)23(28)29)15-16(13-3-1-2-4-14(13)24(30)31)22(19(27)18(15)26)20-21-9-10-32-20/h1-10,16,25H/b17-15+. The molecule has 1 aromatic heterocycles. The molecule has 1 N–H and O–H groups in total. The number of aliphatic hydroxyl groups is 1. The summed E-state index contributed by atoms with van der Waals surface area (Å²) in [5, 5.41) is 35.2. The van der Waals surface area contributed by atoms with Crippen LogP contribution in [0.2, 0.25) is 0 Å². The number of para-hydroxylation sites is 1. The smallest absolute Gasteiger partial charge is 0.301 e. The fraction of sp³-hybridized carbons (Fsp3) is 0.0500. The molecule has 1 aliphatic rings. The molecule has 0 bridgehead atoms. The number of anilines is 1. The van der Waals surface area contributed by atoms with Crippen molar-refractivity contribution in [2.75, 3.05) is 4.90 Å². The van der Waals surface area contributed by atoms with Gasteiger partial charge in [0.1, 0.15) is 11.8 Å². The number of non-ortho nitro benzene ring substituents is 1. The van der Waals surface area contributed by atoms with Crippen molar-refractivity contribution in [3.8, 4) is 0 Å². The second-order valence-electron chi connectivity index (χ2n) is 6.60. The molecule has 160 valence electrons. The van der Waals surface area contributed by atoms with Crippen LogP contribution in [0.3, 0.4) is 0 Å². The number of thiazole rings is 1. The molecule has 2 aromatic carbocycles. The third-order valence-electron chi connectivity index (χ3n) is 4.85. The van der Waals surface area contributed by atoms with Gasteiger partial charge in [0.05, 0.1) is 21.0 Å². The Morgan fingerprint density at radius 3 is 2.31 bits per heavy atom. The van der Waals surface area contributed by atoms with Crippen LogP contribution in [-0.4, -0.2) is 31.6 Å². The molecule has 1 unspecified atom stereocenters. The van der Waals surface area contributed by atoms with Crippen LogP contribution >= 0.6 is 11.3 Å². The topological polar surface area (TPSA) is 157 Å². The molecule has 4 rings (SSSR count). The van der Waals surface area contributed by atoms with Crippen molar-refractivity contribution in [2.45, 2.75) is 6.04 Å². The number of carbonyl (C=O) groups is 2. The average Bonchev–Trinajstić information content (AvgIpc) is 3.40. The average molecular weight is 452 g/mol. The lowest BCUT2D eigenvalue weighted by atomic mass is 9.94. The van der Waals surface area contributed by atoms with Crippen molar-refractivity contribution in [3.05, 3.63) is 97.0 Å². The Morgan fingerprint density at radius 1 is 1.03 bits per heavy atom. The summed E-state index contributed by atoms with van der Waals surface area (Å²) >= 11 is 1.05. The fourth-order valence-corrected chi connectivity index (χ4v) is 4.11. The van der Waals surface area contributed by atoms with Crippen LogP contribution in [0.1, 0.15) is 17.2 Å². The van der Waals surface area contributed by atoms with Gasteiger partial charge in [-0.15, -0.1) is 11.3 Å². The van der Waals surface area contributed by atoms with Gasteiger partial charge >= 0.3 is 5.91 Å². The van der Waals surface area contributed by atoms with Crippen molar-refractivity contribution in [2.24, 2.45) is 0 Å². The van der Waals surface area contributed by atoms with Crippen LogP contribution in [0.5, 0.6) is 0 Å². The van der Waals surface area contributed by atoms with Gasteiger partial charge in [-0.3, -0.25) is 34.7 Å². The predicted molar refractivity (Wildman–Crippen MR) is 113 cm³/mol. The van der Waals surface area contributed by atoms with E-state index in [0.29, 0.717) is 0 Å². The summed E-state index contributed by atoms with van der Waals surface area (Å²) in [5.41, 5.74) is -0.921. The van der Waals surface area contributed by atoms with Gasteiger partial charge in [0.25, 0.3) is 17.2 Å². The van der Waals surface area contributed by atoms with Gasteiger partial charge in [-0.1, -0.05) is 12.1 Å². The van der Waals surface area contributed by atoms with E-state index in [2.05, 4.69) is 4.98 Å². The molecule has 11 nitrogen and oxygen atoms in total. The lowest BCUT2D eigenvalue weighted by molar-refractivity contribution is -0.385. The van der Waals surface area contributed by atoms with Gasteiger partial charge < -0.3 is 5.11 Å². The van der Waals surface area contributed by atoms with E-state index >= 15 is 0 Å². The van der Waals surface area contributed by atoms with Crippen molar-refractivity contribution in [1.82, 2.24) is 4.98 Å². The monoisotopic (exact) mass is 452 g/mol. The lowest BCUT2D eigenvalue weighted by Gasteiger charge is -2.22. The SMILES string of the molecule is O=C1C(=O)N(c2nccs2)C(c2ccccc2[N+](=O)[O-])/C1=C(\O)c1ccc([N+](=O)[O-])cc1. The maximum Gasteiger partial charge on any atom is 0.301 e. The summed E-state index contributed by atoms with van der Waals surface area (Å²) in [5.74, 6) is -2.67.